The lowest BCUT2D eigenvalue weighted by Crippen LogP contribution is -2.35. The second kappa shape index (κ2) is 4.11. The molecule has 0 aliphatic heterocycles. The Morgan fingerprint density at radius 1 is 1.64 bits per heavy atom. The number of nitrogens with zero attached hydrogens (tertiary/aromatic N) is 2. The van der Waals surface area contributed by atoms with Gasteiger partial charge in [0.25, 0.3) is 0 Å². The van der Waals surface area contributed by atoms with Crippen LogP contribution < -0.4 is 5.73 Å². The third-order valence-corrected chi connectivity index (χ3v) is 2.77. The van der Waals surface area contributed by atoms with Crippen LogP contribution in [-0.4, -0.2) is 22.4 Å². The van der Waals surface area contributed by atoms with Gasteiger partial charge in [-0.2, -0.15) is 5.10 Å². The van der Waals surface area contributed by atoms with Crippen molar-refractivity contribution in [1.82, 2.24) is 9.78 Å². The topological polar surface area (TPSA) is 53.1 Å². The number of ether oxygens (including phenoxy) is 1. The van der Waals surface area contributed by atoms with Crippen LogP contribution in [0.3, 0.4) is 0 Å². The van der Waals surface area contributed by atoms with Crippen LogP contribution in [-0.2, 0) is 18.4 Å². The first kappa shape index (κ1) is 9.68. The molecule has 1 saturated carbocycles. The average Bonchev–Trinajstić information content (AvgIpc) is 2.49. The van der Waals surface area contributed by atoms with Gasteiger partial charge in [0, 0.05) is 18.8 Å². The van der Waals surface area contributed by atoms with Gasteiger partial charge in [-0.05, 0) is 25.3 Å². The lowest BCUT2D eigenvalue weighted by Gasteiger charge is -2.34. The molecule has 0 aromatic carbocycles. The number of nitrogens with two attached hydrogens (primary N) is 1. The molecule has 2 N–H and O–H groups in total. The number of hydrogen-bond donors (Lipinski definition) is 1. The predicted molar refractivity (Wildman–Crippen MR) is 53.6 cm³/mol. The lowest BCUT2D eigenvalue weighted by atomic mass is 9.82. The maximum absolute atomic E-state index is 5.70. The molecular weight excluding hydrogens is 178 g/mol. The third-order valence-electron chi connectivity index (χ3n) is 2.77. The van der Waals surface area contributed by atoms with E-state index in [9.17, 15) is 0 Å². The molecule has 1 heterocycles. The van der Waals surface area contributed by atoms with Crippen molar-refractivity contribution in [1.29, 1.82) is 0 Å². The first-order valence-corrected chi connectivity index (χ1v) is 5.07. The van der Waals surface area contributed by atoms with Crippen molar-refractivity contribution in [3.63, 3.8) is 0 Å². The summed E-state index contributed by atoms with van der Waals surface area (Å²) in [5, 5.41) is 4.09. The van der Waals surface area contributed by atoms with E-state index in [0.29, 0.717) is 18.6 Å². The summed E-state index contributed by atoms with van der Waals surface area (Å²) in [5.41, 5.74) is 6.68. The van der Waals surface area contributed by atoms with Gasteiger partial charge in [-0.25, -0.2) is 0 Å². The Morgan fingerprint density at radius 2 is 2.43 bits per heavy atom. The van der Waals surface area contributed by atoms with E-state index in [1.807, 2.05) is 19.4 Å². The molecule has 78 valence electrons. The molecule has 4 heteroatoms. The number of hydrogen-bond acceptors (Lipinski definition) is 3. The fourth-order valence-corrected chi connectivity index (χ4v) is 1.76. The molecule has 14 heavy (non-hydrogen) atoms. The van der Waals surface area contributed by atoms with E-state index < -0.39 is 0 Å². The second-order valence-electron chi connectivity index (χ2n) is 4.03. The summed E-state index contributed by atoms with van der Waals surface area (Å²) in [6, 6.07) is 0. The fourth-order valence-electron chi connectivity index (χ4n) is 1.76. The second-order valence-corrected chi connectivity index (χ2v) is 4.03. The Bertz CT molecular complexity index is 291. The molecule has 4 nitrogen and oxygen atoms in total. The van der Waals surface area contributed by atoms with Crippen molar-refractivity contribution in [3.05, 3.63) is 18.0 Å². The molecule has 0 unspecified atom stereocenters. The summed E-state index contributed by atoms with van der Waals surface area (Å²) in [5.74, 6) is 0.689. The van der Waals surface area contributed by atoms with E-state index in [0.717, 1.165) is 24.9 Å². The van der Waals surface area contributed by atoms with E-state index in [2.05, 4.69) is 5.10 Å². The van der Waals surface area contributed by atoms with Crippen LogP contribution in [0.15, 0.2) is 12.4 Å². The van der Waals surface area contributed by atoms with E-state index >= 15 is 0 Å². The molecule has 0 saturated heterocycles. The Balaban J connectivity index is 1.69. The Hall–Kier alpha value is -0.870. The maximum Gasteiger partial charge on any atom is 0.0751 e. The van der Waals surface area contributed by atoms with Crippen LogP contribution in [0.4, 0.5) is 0 Å². The molecule has 0 radical (unpaired) electrons. The fraction of sp³-hybridized carbons (Fsp3) is 0.700. The molecule has 0 atom stereocenters. The monoisotopic (exact) mass is 195 g/mol. The van der Waals surface area contributed by atoms with Gasteiger partial charge in [0.15, 0.2) is 0 Å². The van der Waals surface area contributed by atoms with Gasteiger partial charge < -0.3 is 10.5 Å². The molecule has 1 aromatic heterocycles. The molecular formula is C10H17N3O. The highest BCUT2D eigenvalue weighted by atomic mass is 16.5. The van der Waals surface area contributed by atoms with Crippen molar-refractivity contribution in [2.75, 3.05) is 6.54 Å². The maximum atomic E-state index is 5.70. The third kappa shape index (κ3) is 2.13. The summed E-state index contributed by atoms with van der Waals surface area (Å²) in [6.07, 6.45) is 6.50. The zero-order valence-electron chi connectivity index (χ0n) is 8.52. The molecule has 2 rings (SSSR count). The standard InChI is InChI=1S/C10H17N3O/c1-13-6-9(5-12-13)7-14-10-2-8(3-10)4-11/h5-6,8,10H,2-4,7,11H2,1H3. The highest BCUT2D eigenvalue weighted by molar-refractivity contribution is 5.01. The zero-order chi connectivity index (χ0) is 9.97. The smallest absolute Gasteiger partial charge is 0.0751 e. The zero-order valence-corrected chi connectivity index (χ0v) is 8.52. The van der Waals surface area contributed by atoms with Crippen molar-refractivity contribution in [2.24, 2.45) is 18.7 Å². The minimum atomic E-state index is 0.420. The van der Waals surface area contributed by atoms with Crippen molar-refractivity contribution in [2.45, 2.75) is 25.6 Å². The lowest BCUT2D eigenvalue weighted by molar-refractivity contribution is -0.0376. The summed E-state index contributed by atoms with van der Waals surface area (Å²) < 4.78 is 7.49. The van der Waals surface area contributed by atoms with Crippen molar-refractivity contribution in [3.8, 4) is 0 Å². The molecule has 0 spiro atoms. The SMILES string of the molecule is Cn1cc(COC2CC(CN)C2)cn1. The van der Waals surface area contributed by atoms with Crippen LogP contribution in [0.2, 0.25) is 0 Å². The summed E-state index contributed by atoms with van der Waals surface area (Å²) in [6.45, 7) is 1.47. The van der Waals surface area contributed by atoms with Gasteiger partial charge in [0.2, 0.25) is 0 Å². The van der Waals surface area contributed by atoms with Gasteiger partial charge in [-0.15, -0.1) is 0 Å². The summed E-state index contributed by atoms with van der Waals surface area (Å²) in [4.78, 5) is 0. The average molecular weight is 195 g/mol. The molecule has 0 bridgehead atoms. The van der Waals surface area contributed by atoms with Gasteiger partial charge in [0.1, 0.15) is 0 Å². The first-order chi connectivity index (χ1) is 6.78. The van der Waals surface area contributed by atoms with Crippen LogP contribution in [0, 0.1) is 5.92 Å². The number of rotatable bonds is 4. The van der Waals surface area contributed by atoms with Gasteiger partial charge in [0.05, 0.1) is 18.9 Å². The highest BCUT2D eigenvalue weighted by Crippen LogP contribution is 2.29. The molecule has 1 aromatic rings. The highest BCUT2D eigenvalue weighted by Gasteiger charge is 2.28. The first-order valence-electron chi connectivity index (χ1n) is 5.07. The molecule has 0 amide bonds. The molecule has 1 fully saturated rings. The Kier molecular flexibility index (Phi) is 2.84. The molecule has 1 aliphatic carbocycles. The number of aromatic nitrogens is 2. The minimum Gasteiger partial charge on any atom is -0.373 e. The predicted octanol–water partition coefficient (Wildman–Crippen LogP) is 0.674. The van der Waals surface area contributed by atoms with Crippen LogP contribution in [0.25, 0.3) is 0 Å². The van der Waals surface area contributed by atoms with Gasteiger partial charge >= 0.3 is 0 Å². The van der Waals surface area contributed by atoms with Crippen LogP contribution >= 0.6 is 0 Å². The summed E-state index contributed by atoms with van der Waals surface area (Å²) in [7, 11) is 1.91. The van der Waals surface area contributed by atoms with Gasteiger partial charge in [-0.3, -0.25) is 4.68 Å². The molecule has 1 aliphatic rings. The van der Waals surface area contributed by atoms with E-state index in [1.54, 1.807) is 4.68 Å². The van der Waals surface area contributed by atoms with E-state index in [-0.39, 0.29) is 0 Å². The largest absolute Gasteiger partial charge is 0.373 e. The van der Waals surface area contributed by atoms with Crippen LogP contribution in [0.1, 0.15) is 18.4 Å². The Morgan fingerprint density at radius 3 is 3.00 bits per heavy atom. The van der Waals surface area contributed by atoms with E-state index in [1.165, 1.54) is 0 Å². The quantitative estimate of drug-likeness (QED) is 0.768. The Labute approximate surface area is 84.0 Å². The van der Waals surface area contributed by atoms with Gasteiger partial charge in [-0.1, -0.05) is 0 Å². The van der Waals surface area contributed by atoms with Crippen molar-refractivity contribution >= 4 is 0 Å². The number of aryl methyl sites for hydroxylation is 1. The normalized spacial score (nSPS) is 26.1. The summed E-state index contributed by atoms with van der Waals surface area (Å²) >= 11 is 0. The van der Waals surface area contributed by atoms with Crippen LogP contribution in [0.5, 0.6) is 0 Å². The van der Waals surface area contributed by atoms with E-state index in [4.69, 9.17) is 10.5 Å². The van der Waals surface area contributed by atoms with Crippen molar-refractivity contribution < 1.29 is 4.74 Å². The minimum absolute atomic E-state index is 0.420.